The normalized spacial score (nSPS) is 20.0. The van der Waals surface area contributed by atoms with E-state index in [0.29, 0.717) is 34.2 Å². The molecule has 0 aliphatic carbocycles. The molecule has 3 unspecified atom stereocenters. The molecule has 4 atom stereocenters. The molecule has 1 amide bonds. The van der Waals surface area contributed by atoms with Crippen LogP contribution in [-0.4, -0.2) is 44.8 Å². The topological polar surface area (TPSA) is 88.7 Å². The summed E-state index contributed by atoms with van der Waals surface area (Å²) in [4.78, 5) is 18.8. The number of amides is 1. The highest BCUT2D eigenvalue weighted by atomic mass is 35.5. The van der Waals surface area contributed by atoms with Crippen molar-refractivity contribution in [2.24, 2.45) is 0 Å². The van der Waals surface area contributed by atoms with Crippen molar-refractivity contribution in [1.29, 1.82) is 0 Å². The lowest BCUT2D eigenvalue weighted by Gasteiger charge is -2.21. The second kappa shape index (κ2) is 10.9. The lowest BCUT2D eigenvalue weighted by molar-refractivity contribution is -0.132. The van der Waals surface area contributed by atoms with Gasteiger partial charge in [0, 0.05) is 23.6 Å². The minimum atomic E-state index is -1.50. The molecule has 32 heavy (non-hydrogen) atoms. The van der Waals surface area contributed by atoms with Crippen LogP contribution in [0, 0.1) is 0 Å². The van der Waals surface area contributed by atoms with Gasteiger partial charge in [0.2, 0.25) is 23.7 Å². The van der Waals surface area contributed by atoms with Gasteiger partial charge in [-0.1, -0.05) is 44.7 Å². The van der Waals surface area contributed by atoms with E-state index in [2.05, 4.69) is 16.7 Å². The first kappa shape index (κ1) is 24.1. The quantitative estimate of drug-likeness (QED) is 0.442. The second-order valence-corrected chi connectivity index (χ2v) is 8.20. The third kappa shape index (κ3) is 6.25. The van der Waals surface area contributed by atoms with Crippen molar-refractivity contribution in [3.05, 3.63) is 65.6 Å². The van der Waals surface area contributed by atoms with Crippen LogP contribution in [0.2, 0.25) is 0 Å². The number of aliphatic hydroxyl groups is 1. The summed E-state index contributed by atoms with van der Waals surface area (Å²) in [5.74, 6) is 0.700. The molecular formula is C22H24ClFN3O4P. The molecule has 2 heterocycles. The number of alkyl halides is 1. The van der Waals surface area contributed by atoms with E-state index in [1.54, 1.807) is 49.4 Å². The Balaban J connectivity index is 1.71. The predicted octanol–water partition coefficient (Wildman–Crippen LogP) is 4.52. The zero-order valence-corrected chi connectivity index (χ0v) is 19.4. The van der Waals surface area contributed by atoms with Gasteiger partial charge < -0.3 is 19.3 Å². The van der Waals surface area contributed by atoms with Crippen LogP contribution in [-0.2, 0) is 4.79 Å². The monoisotopic (exact) mass is 479 g/mol. The molecule has 1 fully saturated rings. The molecule has 1 saturated heterocycles. The van der Waals surface area contributed by atoms with Gasteiger partial charge in [-0.25, -0.2) is 0 Å². The lowest BCUT2D eigenvalue weighted by Crippen LogP contribution is -2.31. The first-order valence-corrected chi connectivity index (χ1v) is 11.0. The van der Waals surface area contributed by atoms with Gasteiger partial charge in [-0.05, 0) is 42.8 Å². The minimum absolute atomic E-state index is 0.0708. The number of benzene rings is 1. The Morgan fingerprint density at radius 1 is 1.47 bits per heavy atom. The van der Waals surface area contributed by atoms with Gasteiger partial charge >= 0.3 is 0 Å². The summed E-state index contributed by atoms with van der Waals surface area (Å²) >= 11 is 5.93. The third-order valence-electron chi connectivity index (χ3n) is 4.82. The van der Waals surface area contributed by atoms with E-state index in [9.17, 15) is 14.3 Å². The van der Waals surface area contributed by atoms with E-state index >= 15 is 0 Å². The number of allylic oxidation sites excluding steroid dienone is 4. The van der Waals surface area contributed by atoms with Gasteiger partial charge in [0.05, 0.1) is 12.5 Å². The first-order valence-electron chi connectivity index (χ1n) is 9.92. The number of ether oxygens (including phenoxy) is 1. The van der Waals surface area contributed by atoms with E-state index in [1.807, 2.05) is 9.24 Å². The Morgan fingerprint density at radius 3 is 2.84 bits per heavy atom. The number of carbonyl (C=O) groups is 1. The van der Waals surface area contributed by atoms with Crippen LogP contribution >= 0.6 is 20.8 Å². The molecule has 1 N–H and O–H groups in total. The molecule has 2 aromatic rings. The van der Waals surface area contributed by atoms with Crippen molar-refractivity contribution in [1.82, 2.24) is 15.0 Å². The molecule has 3 rings (SSSR count). The molecule has 0 spiro atoms. The number of hydrogen-bond acceptors (Lipinski definition) is 6. The summed E-state index contributed by atoms with van der Waals surface area (Å²) in [5, 5.41) is 14.7. The summed E-state index contributed by atoms with van der Waals surface area (Å²) in [6, 6.07) is 6.00. The number of halogens is 2. The van der Waals surface area contributed by atoms with Gasteiger partial charge in [-0.15, -0.1) is 0 Å². The Morgan fingerprint density at radius 2 is 2.19 bits per heavy atom. The number of aromatic nitrogens is 2. The van der Waals surface area contributed by atoms with Gasteiger partial charge in [0.15, 0.2) is 0 Å². The molecule has 1 aromatic heterocycles. The highest BCUT2D eigenvalue weighted by molar-refractivity contribution is 7.16. The molecule has 1 aromatic carbocycles. The highest BCUT2D eigenvalue weighted by Gasteiger charge is 2.38. The number of rotatable bonds is 8. The van der Waals surface area contributed by atoms with Crippen LogP contribution in [0.15, 0.2) is 64.2 Å². The molecular weight excluding hydrogens is 456 g/mol. The largest absolute Gasteiger partial charge is 0.457 e. The van der Waals surface area contributed by atoms with Crippen molar-refractivity contribution in [2.45, 2.75) is 38.0 Å². The second-order valence-electron chi connectivity index (χ2n) is 7.24. The average Bonchev–Trinajstić information content (AvgIpc) is 3.39. The van der Waals surface area contributed by atoms with Crippen LogP contribution in [0.5, 0.6) is 5.75 Å². The van der Waals surface area contributed by atoms with Gasteiger partial charge in [0.1, 0.15) is 11.8 Å². The van der Waals surface area contributed by atoms with Crippen molar-refractivity contribution in [2.75, 3.05) is 6.54 Å². The maximum Gasteiger partial charge on any atom is 0.249 e. The first-order chi connectivity index (χ1) is 15.3. The maximum atomic E-state index is 12.9. The number of likely N-dealkylation sites (tertiary alicyclic amines) is 1. The summed E-state index contributed by atoms with van der Waals surface area (Å²) in [7, 11) is 1.91. The fraction of sp³-hybridized carbons (Fsp3) is 0.318. The zero-order chi connectivity index (χ0) is 23.3. The maximum absolute atomic E-state index is 12.9. The Bertz CT molecular complexity index is 1020. The van der Waals surface area contributed by atoms with Gasteiger partial charge in [-0.2, -0.15) is 9.37 Å². The minimum Gasteiger partial charge on any atom is -0.457 e. The van der Waals surface area contributed by atoms with E-state index < -0.39 is 18.2 Å². The van der Waals surface area contributed by atoms with E-state index in [-0.39, 0.29) is 24.8 Å². The van der Waals surface area contributed by atoms with Crippen LogP contribution in [0.1, 0.15) is 31.7 Å². The summed E-state index contributed by atoms with van der Waals surface area (Å²) in [5.41, 5.74) is 1.23. The smallest absolute Gasteiger partial charge is 0.249 e. The third-order valence-corrected chi connectivity index (χ3v) is 5.30. The van der Waals surface area contributed by atoms with Crippen LogP contribution < -0.4 is 4.74 Å². The SMILES string of the molecule is C=C(/C=C\C(Cl)=C/C)CC(=O)N1C[C@@H](O)CC1c1nc(-c2ccc(OC(F)P)cc2)no1. The molecule has 170 valence electrons. The van der Waals surface area contributed by atoms with E-state index in [0.717, 1.165) is 0 Å². The summed E-state index contributed by atoms with van der Waals surface area (Å²) < 4.78 is 23.3. The molecule has 1 aliphatic rings. The number of carbonyl (C=O) groups excluding carboxylic acids is 1. The van der Waals surface area contributed by atoms with Crippen molar-refractivity contribution in [3.63, 3.8) is 0 Å². The Hall–Kier alpha value is -2.54. The standard InChI is InChI=1S/C22H24ClFN3O4P/c1-3-15(23)7-4-13(2)10-19(29)27-12-16(28)11-18(27)21-25-20(26-31-21)14-5-8-17(9-6-14)30-22(24)32/h3-9,16,18,22,28H,2,10-12,32H2,1H3/b7-4-,15-3+/t16-,18?,22?/m0/s1. The average molecular weight is 480 g/mol. The number of nitrogens with zero attached hydrogens (tertiary/aromatic N) is 3. The fourth-order valence-corrected chi connectivity index (χ4v) is 3.49. The lowest BCUT2D eigenvalue weighted by atomic mass is 10.1. The van der Waals surface area contributed by atoms with Crippen molar-refractivity contribution in [3.8, 4) is 17.1 Å². The van der Waals surface area contributed by atoms with E-state index in [1.165, 1.54) is 4.90 Å². The zero-order valence-electron chi connectivity index (χ0n) is 17.4. The van der Waals surface area contributed by atoms with Crippen LogP contribution in [0.25, 0.3) is 11.4 Å². The van der Waals surface area contributed by atoms with Crippen LogP contribution in [0.4, 0.5) is 4.39 Å². The van der Waals surface area contributed by atoms with Crippen molar-refractivity contribution >= 4 is 26.7 Å². The Labute approximate surface area is 192 Å². The number of hydrogen-bond donors (Lipinski definition) is 1. The number of aliphatic hydroxyl groups excluding tert-OH is 1. The molecule has 0 radical (unpaired) electrons. The van der Waals surface area contributed by atoms with Crippen molar-refractivity contribution < 1.29 is 23.6 Å². The predicted molar refractivity (Wildman–Crippen MR) is 123 cm³/mol. The Kier molecular flexibility index (Phi) is 8.18. The van der Waals surface area contributed by atoms with Gasteiger partial charge in [0.25, 0.3) is 0 Å². The molecule has 7 nitrogen and oxygen atoms in total. The van der Waals surface area contributed by atoms with Gasteiger partial charge in [-0.3, -0.25) is 4.79 Å². The molecule has 1 aliphatic heterocycles. The fourth-order valence-electron chi connectivity index (χ4n) is 3.27. The highest BCUT2D eigenvalue weighted by Crippen LogP contribution is 2.33. The molecule has 0 bridgehead atoms. The van der Waals surface area contributed by atoms with Crippen LogP contribution in [0.3, 0.4) is 0 Å². The summed E-state index contributed by atoms with van der Waals surface area (Å²) in [6.07, 6.45) is 3.25. The van der Waals surface area contributed by atoms with E-state index in [4.69, 9.17) is 20.9 Å². The molecule has 0 saturated carbocycles. The molecule has 10 heteroatoms. The number of β-amino-alcohol motifs (C(OH)–C–C–N with tert-alkyl or cyclic N) is 1. The summed E-state index contributed by atoms with van der Waals surface area (Å²) in [6.45, 7) is 5.86.